The van der Waals surface area contributed by atoms with Crippen LogP contribution in [-0.4, -0.2) is 40.0 Å². The summed E-state index contributed by atoms with van der Waals surface area (Å²) in [7, 11) is 0. The van der Waals surface area contributed by atoms with Crippen molar-refractivity contribution in [3.05, 3.63) is 11.7 Å². The summed E-state index contributed by atoms with van der Waals surface area (Å²) in [4.78, 5) is 18.5. The summed E-state index contributed by atoms with van der Waals surface area (Å²) in [5.74, 6) is -1.45. The van der Waals surface area contributed by atoms with Gasteiger partial charge in [-0.15, -0.1) is 0 Å². The number of hydrogen-bond acceptors (Lipinski definition) is 4. The van der Waals surface area contributed by atoms with Crippen LogP contribution in [0, 0.1) is 5.92 Å². The van der Waals surface area contributed by atoms with Gasteiger partial charge >= 0.3 is 0 Å². The maximum atomic E-state index is 12.9. The van der Waals surface area contributed by atoms with Gasteiger partial charge in [0.25, 0.3) is 0 Å². The van der Waals surface area contributed by atoms with Crippen LogP contribution in [0.3, 0.4) is 0 Å². The number of carbonyl (C=O) groups is 1. The minimum atomic E-state index is -2.65. The van der Waals surface area contributed by atoms with Crippen LogP contribution in [0.1, 0.15) is 62.1 Å². The lowest BCUT2D eigenvalue weighted by molar-refractivity contribution is -0.160. The van der Waals surface area contributed by atoms with Gasteiger partial charge in [0.05, 0.1) is 0 Å². The Hall–Kier alpha value is -1.53. The Morgan fingerprint density at radius 3 is 2.68 bits per heavy atom. The molecular weight excluding hydrogens is 292 g/mol. The summed E-state index contributed by atoms with van der Waals surface area (Å²) < 4.78 is 31.2. The van der Waals surface area contributed by atoms with E-state index in [-0.39, 0.29) is 24.7 Å². The molecule has 2 aliphatic carbocycles. The molecule has 1 atom stereocenters. The van der Waals surface area contributed by atoms with Crippen LogP contribution in [0.4, 0.5) is 8.78 Å². The number of aromatic nitrogens is 2. The Morgan fingerprint density at radius 1 is 1.23 bits per heavy atom. The lowest BCUT2D eigenvalue weighted by atomic mass is 9.80. The molecule has 1 amide bonds. The van der Waals surface area contributed by atoms with Crippen molar-refractivity contribution in [2.45, 2.75) is 56.3 Å². The maximum Gasteiger partial charge on any atom is 0.249 e. The molecule has 120 valence electrons. The molecule has 1 saturated heterocycles. The number of alkyl halides is 2. The lowest BCUT2D eigenvalue weighted by Gasteiger charge is -2.39. The number of piperidine rings is 1. The van der Waals surface area contributed by atoms with E-state index in [2.05, 4.69) is 10.1 Å². The van der Waals surface area contributed by atoms with E-state index < -0.39 is 11.8 Å². The molecule has 0 bridgehead atoms. The van der Waals surface area contributed by atoms with Gasteiger partial charge in [-0.3, -0.25) is 4.79 Å². The minimum absolute atomic E-state index is 0.0644. The number of carbonyl (C=O) groups excluding carboxylic acids is 1. The molecule has 0 radical (unpaired) electrons. The fourth-order valence-corrected chi connectivity index (χ4v) is 3.39. The molecule has 1 aromatic heterocycles. The quantitative estimate of drug-likeness (QED) is 0.861. The lowest BCUT2D eigenvalue weighted by Crippen LogP contribution is -2.49. The molecule has 5 nitrogen and oxygen atoms in total. The molecule has 1 unspecified atom stereocenters. The number of halogens is 2. The molecule has 4 rings (SSSR count). The van der Waals surface area contributed by atoms with E-state index in [9.17, 15) is 13.6 Å². The van der Waals surface area contributed by atoms with E-state index in [1.807, 2.05) is 0 Å². The summed E-state index contributed by atoms with van der Waals surface area (Å²) in [6.45, 7) is 1.16. The highest BCUT2D eigenvalue weighted by Crippen LogP contribution is 2.44. The molecular formula is C15H19F2N3O2. The zero-order valence-electron chi connectivity index (χ0n) is 12.3. The SMILES string of the molecule is O=C(C1CC(F)(F)C1)N1CCCC(c2noc(C3CC3)n2)C1. The summed E-state index contributed by atoms with van der Waals surface area (Å²) in [5, 5.41) is 4.05. The van der Waals surface area contributed by atoms with E-state index in [1.54, 1.807) is 4.90 Å². The molecule has 0 aromatic carbocycles. The van der Waals surface area contributed by atoms with Gasteiger partial charge in [0, 0.05) is 43.7 Å². The van der Waals surface area contributed by atoms with Crippen molar-refractivity contribution in [1.29, 1.82) is 0 Å². The molecule has 2 saturated carbocycles. The fraction of sp³-hybridized carbons (Fsp3) is 0.800. The third kappa shape index (κ3) is 2.61. The van der Waals surface area contributed by atoms with Crippen molar-refractivity contribution in [3.63, 3.8) is 0 Å². The first-order valence-electron chi connectivity index (χ1n) is 8.02. The zero-order chi connectivity index (χ0) is 15.3. The van der Waals surface area contributed by atoms with Gasteiger partial charge in [0.15, 0.2) is 5.82 Å². The second-order valence-electron chi connectivity index (χ2n) is 6.85. The van der Waals surface area contributed by atoms with Crippen LogP contribution < -0.4 is 0 Å². The van der Waals surface area contributed by atoms with Crippen LogP contribution >= 0.6 is 0 Å². The third-order valence-corrected chi connectivity index (χ3v) is 4.92. The van der Waals surface area contributed by atoms with Gasteiger partial charge in [-0.05, 0) is 25.7 Å². The Morgan fingerprint density at radius 2 is 2.00 bits per heavy atom. The molecule has 0 spiro atoms. The standard InChI is InChI=1S/C15H19F2N3O2/c16-15(17)6-11(7-15)14(21)20-5-1-2-10(8-20)12-18-13(22-19-12)9-3-4-9/h9-11H,1-8H2. The number of nitrogens with zero attached hydrogens (tertiary/aromatic N) is 3. The third-order valence-electron chi connectivity index (χ3n) is 4.92. The highest BCUT2D eigenvalue weighted by atomic mass is 19.3. The van der Waals surface area contributed by atoms with Crippen molar-refractivity contribution in [2.24, 2.45) is 5.92 Å². The van der Waals surface area contributed by atoms with Crippen molar-refractivity contribution >= 4 is 5.91 Å². The predicted molar refractivity (Wildman–Crippen MR) is 72.5 cm³/mol. The average molecular weight is 311 g/mol. The molecule has 1 aromatic rings. The van der Waals surface area contributed by atoms with E-state index in [4.69, 9.17) is 4.52 Å². The first-order valence-corrected chi connectivity index (χ1v) is 8.02. The van der Waals surface area contributed by atoms with Crippen LogP contribution in [0.2, 0.25) is 0 Å². The minimum Gasteiger partial charge on any atom is -0.342 e. The summed E-state index contributed by atoms with van der Waals surface area (Å²) in [6, 6.07) is 0. The number of rotatable bonds is 3. The van der Waals surface area contributed by atoms with Crippen molar-refractivity contribution in [3.8, 4) is 0 Å². The topological polar surface area (TPSA) is 59.2 Å². The molecule has 22 heavy (non-hydrogen) atoms. The van der Waals surface area contributed by atoms with Gasteiger partial charge in [-0.25, -0.2) is 8.78 Å². The molecule has 7 heteroatoms. The zero-order valence-corrected chi connectivity index (χ0v) is 12.3. The van der Waals surface area contributed by atoms with Gasteiger partial charge in [0.2, 0.25) is 17.7 Å². The Labute approximate surface area is 127 Å². The monoisotopic (exact) mass is 311 g/mol. The number of likely N-dealkylation sites (tertiary alicyclic amines) is 1. The summed E-state index contributed by atoms with van der Waals surface area (Å²) in [5.41, 5.74) is 0. The molecule has 1 aliphatic heterocycles. The van der Waals surface area contributed by atoms with Gasteiger partial charge < -0.3 is 9.42 Å². The normalized spacial score (nSPS) is 28.5. The smallest absolute Gasteiger partial charge is 0.249 e. The molecule has 2 heterocycles. The second-order valence-corrected chi connectivity index (χ2v) is 6.85. The van der Waals surface area contributed by atoms with Crippen molar-refractivity contribution < 1.29 is 18.1 Å². The van der Waals surface area contributed by atoms with E-state index in [1.165, 1.54) is 0 Å². The van der Waals surface area contributed by atoms with Gasteiger partial charge in [-0.1, -0.05) is 5.16 Å². The largest absolute Gasteiger partial charge is 0.342 e. The Kier molecular flexibility index (Phi) is 3.20. The van der Waals surface area contributed by atoms with Gasteiger partial charge in [0.1, 0.15) is 0 Å². The first-order chi connectivity index (χ1) is 10.5. The van der Waals surface area contributed by atoms with Crippen molar-refractivity contribution in [1.82, 2.24) is 15.0 Å². The Bertz CT molecular complexity index is 577. The molecule has 3 aliphatic rings. The highest BCUT2D eigenvalue weighted by molar-refractivity contribution is 5.80. The predicted octanol–water partition coefficient (Wildman–Crippen LogP) is 2.70. The first kappa shape index (κ1) is 14.1. The summed E-state index contributed by atoms with van der Waals surface area (Å²) >= 11 is 0. The van der Waals surface area contributed by atoms with Gasteiger partial charge in [-0.2, -0.15) is 4.98 Å². The summed E-state index contributed by atoms with van der Waals surface area (Å²) in [6.07, 6.45) is 3.36. The second kappa shape index (κ2) is 4.99. The van der Waals surface area contributed by atoms with E-state index in [0.29, 0.717) is 30.7 Å². The molecule has 3 fully saturated rings. The van der Waals surface area contributed by atoms with E-state index >= 15 is 0 Å². The average Bonchev–Trinajstić information content (AvgIpc) is 3.21. The van der Waals surface area contributed by atoms with Crippen LogP contribution in [-0.2, 0) is 4.79 Å². The van der Waals surface area contributed by atoms with E-state index in [0.717, 1.165) is 25.7 Å². The highest BCUT2D eigenvalue weighted by Gasteiger charge is 2.50. The molecule has 0 N–H and O–H groups in total. The van der Waals surface area contributed by atoms with Crippen LogP contribution in [0.25, 0.3) is 0 Å². The fourth-order valence-electron chi connectivity index (χ4n) is 3.39. The van der Waals surface area contributed by atoms with Crippen molar-refractivity contribution in [2.75, 3.05) is 13.1 Å². The Balaban J connectivity index is 1.39. The maximum absolute atomic E-state index is 12.9. The number of hydrogen-bond donors (Lipinski definition) is 0. The van der Waals surface area contributed by atoms with Crippen LogP contribution in [0.15, 0.2) is 4.52 Å². The number of amides is 1. The van der Waals surface area contributed by atoms with Crippen LogP contribution in [0.5, 0.6) is 0 Å².